The van der Waals surface area contributed by atoms with Crippen LogP contribution in [0, 0.1) is 11.8 Å². The number of carbonyl (C=O) groups excluding carboxylic acids is 1. The molecule has 0 radical (unpaired) electrons. The van der Waals surface area contributed by atoms with Gasteiger partial charge in [0.1, 0.15) is 12.4 Å². The van der Waals surface area contributed by atoms with Crippen molar-refractivity contribution in [2.45, 2.75) is 44.2 Å². The zero-order valence-corrected chi connectivity index (χ0v) is 16.6. The Kier molecular flexibility index (Phi) is 5.90. The molecule has 0 bridgehead atoms. The van der Waals surface area contributed by atoms with Gasteiger partial charge in [0.05, 0.1) is 12.2 Å². The van der Waals surface area contributed by atoms with Gasteiger partial charge in [0.2, 0.25) is 5.91 Å². The molecule has 6 heteroatoms. The Morgan fingerprint density at radius 2 is 2.04 bits per heavy atom. The lowest BCUT2D eigenvalue weighted by molar-refractivity contribution is -0.153. The number of amides is 1. The molecule has 0 spiro atoms. The first-order valence-electron chi connectivity index (χ1n) is 10.6. The molecule has 1 aromatic carbocycles. The summed E-state index contributed by atoms with van der Waals surface area (Å²) in [5.74, 6) is 1.43. The van der Waals surface area contributed by atoms with Crippen molar-refractivity contribution in [1.29, 1.82) is 0 Å². The maximum absolute atomic E-state index is 12.7. The third-order valence-corrected chi connectivity index (χ3v) is 6.79. The standard InChI is InChI=1S/C22H32N2O4/c25-11-12-28-20-6-1-3-17(13-20)14-23-9-7-22(27)8-10-24(16-19(22)15-23)21(26)18-4-2-5-18/h1,3,6,13,18-19,25,27H,2,4-5,7-12,14-16H2/t19-,22-/m1/s1. The van der Waals surface area contributed by atoms with Crippen LogP contribution >= 0.6 is 0 Å². The maximum atomic E-state index is 12.7. The summed E-state index contributed by atoms with van der Waals surface area (Å²) in [5, 5.41) is 20.0. The zero-order chi connectivity index (χ0) is 19.6. The third kappa shape index (κ3) is 4.19. The second-order valence-corrected chi connectivity index (χ2v) is 8.67. The van der Waals surface area contributed by atoms with Crippen LogP contribution in [0.1, 0.15) is 37.7 Å². The van der Waals surface area contributed by atoms with Crippen LogP contribution in [0.5, 0.6) is 5.75 Å². The Bertz CT molecular complexity index is 693. The predicted molar refractivity (Wildman–Crippen MR) is 106 cm³/mol. The number of hydrogen-bond acceptors (Lipinski definition) is 5. The number of benzene rings is 1. The van der Waals surface area contributed by atoms with Crippen LogP contribution in [0.25, 0.3) is 0 Å². The molecule has 0 unspecified atom stereocenters. The number of fused-ring (bicyclic) bond motifs is 1. The van der Waals surface area contributed by atoms with Crippen molar-refractivity contribution in [3.63, 3.8) is 0 Å². The number of aliphatic hydroxyl groups is 2. The largest absolute Gasteiger partial charge is 0.491 e. The number of piperidine rings is 2. The molecule has 1 saturated carbocycles. The van der Waals surface area contributed by atoms with Crippen molar-refractivity contribution in [2.24, 2.45) is 11.8 Å². The van der Waals surface area contributed by atoms with Crippen molar-refractivity contribution >= 4 is 5.91 Å². The molecule has 6 nitrogen and oxygen atoms in total. The number of carbonyl (C=O) groups is 1. The van der Waals surface area contributed by atoms with E-state index < -0.39 is 5.60 Å². The minimum absolute atomic E-state index is 0.00664. The van der Waals surface area contributed by atoms with Crippen molar-refractivity contribution in [1.82, 2.24) is 9.80 Å². The van der Waals surface area contributed by atoms with Crippen LogP contribution in [0.3, 0.4) is 0 Å². The van der Waals surface area contributed by atoms with Gasteiger partial charge in [-0.2, -0.15) is 0 Å². The van der Waals surface area contributed by atoms with E-state index in [0.717, 1.165) is 44.6 Å². The first kappa shape index (κ1) is 19.7. The minimum Gasteiger partial charge on any atom is -0.491 e. The lowest BCUT2D eigenvalue weighted by Crippen LogP contribution is -2.61. The SMILES string of the molecule is O=C(C1CCC1)N1CC[C@]2(O)CCN(Cc3cccc(OCCO)c3)C[C@@H]2C1. The average Bonchev–Trinajstić information content (AvgIpc) is 2.65. The lowest BCUT2D eigenvalue weighted by Gasteiger charge is -2.51. The molecule has 1 amide bonds. The van der Waals surface area contributed by atoms with Crippen molar-refractivity contribution < 1.29 is 19.7 Å². The average molecular weight is 389 g/mol. The fourth-order valence-electron chi connectivity index (χ4n) is 4.78. The highest BCUT2D eigenvalue weighted by Gasteiger charge is 2.46. The molecule has 28 heavy (non-hydrogen) atoms. The monoisotopic (exact) mass is 388 g/mol. The minimum atomic E-state index is -0.626. The van der Waals surface area contributed by atoms with Gasteiger partial charge >= 0.3 is 0 Å². The van der Waals surface area contributed by atoms with Gasteiger partial charge in [-0.05, 0) is 43.4 Å². The van der Waals surface area contributed by atoms with Gasteiger partial charge in [0.15, 0.2) is 0 Å². The van der Waals surface area contributed by atoms with Gasteiger partial charge < -0.3 is 19.8 Å². The van der Waals surface area contributed by atoms with Crippen LogP contribution in [0.4, 0.5) is 0 Å². The van der Waals surface area contributed by atoms with E-state index >= 15 is 0 Å². The van der Waals surface area contributed by atoms with Gasteiger partial charge in [-0.25, -0.2) is 0 Å². The summed E-state index contributed by atoms with van der Waals surface area (Å²) < 4.78 is 5.51. The van der Waals surface area contributed by atoms with E-state index in [9.17, 15) is 9.90 Å². The fourth-order valence-corrected chi connectivity index (χ4v) is 4.78. The first-order chi connectivity index (χ1) is 13.6. The molecule has 2 heterocycles. The van der Waals surface area contributed by atoms with E-state index in [4.69, 9.17) is 9.84 Å². The Balaban J connectivity index is 1.37. The number of ether oxygens (including phenoxy) is 1. The molecule has 2 saturated heterocycles. The number of rotatable bonds is 6. The van der Waals surface area contributed by atoms with Gasteiger partial charge in [0.25, 0.3) is 0 Å². The van der Waals surface area contributed by atoms with Crippen molar-refractivity contribution in [3.05, 3.63) is 29.8 Å². The van der Waals surface area contributed by atoms with Gasteiger partial charge in [-0.1, -0.05) is 18.6 Å². The van der Waals surface area contributed by atoms with E-state index in [2.05, 4.69) is 11.0 Å². The zero-order valence-electron chi connectivity index (χ0n) is 16.6. The molecule has 1 aromatic rings. The summed E-state index contributed by atoms with van der Waals surface area (Å²) in [4.78, 5) is 17.0. The Labute approximate surface area is 167 Å². The van der Waals surface area contributed by atoms with E-state index in [1.54, 1.807) is 0 Å². The van der Waals surface area contributed by atoms with Crippen LogP contribution in [-0.4, -0.2) is 70.9 Å². The summed E-state index contributed by atoms with van der Waals surface area (Å²) in [6, 6.07) is 7.98. The highest BCUT2D eigenvalue weighted by Crippen LogP contribution is 2.38. The summed E-state index contributed by atoms with van der Waals surface area (Å²) in [5.41, 5.74) is 0.540. The molecule has 2 N–H and O–H groups in total. The van der Waals surface area contributed by atoms with Crippen molar-refractivity contribution in [2.75, 3.05) is 39.4 Å². The Morgan fingerprint density at radius 1 is 1.21 bits per heavy atom. The lowest BCUT2D eigenvalue weighted by atomic mass is 9.74. The molecule has 3 aliphatic rings. The van der Waals surface area contributed by atoms with Crippen LogP contribution in [0.2, 0.25) is 0 Å². The van der Waals surface area contributed by atoms with Gasteiger partial charge in [0, 0.05) is 44.6 Å². The number of hydrogen-bond donors (Lipinski definition) is 2. The smallest absolute Gasteiger partial charge is 0.225 e. The van der Waals surface area contributed by atoms with Crippen LogP contribution in [0.15, 0.2) is 24.3 Å². The predicted octanol–water partition coefficient (Wildman–Crippen LogP) is 1.64. The van der Waals surface area contributed by atoms with Crippen LogP contribution in [-0.2, 0) is 11.3 Å². The summed E-state index contributed by atoms with van der Waals surface area (Å²) >= 11 is 0. The summed E-state index contributed by atoms with van der Waals surface area (Å²) in [7, 11) is 0. The molecule has 1 aliphatic carbocycles. The molecule has 154 valence electrons. The topological polar surface area (TPSA) is 73.2 Å². The number of aliphatic hydroxyl groups excluding tert-OH is 1. The summed E-state index contributed by atoms with van der Waals surface area (Å²) in [6.07, 6.45) is 4.71. The highest BCUT2D eigenvalue weighted by molar-refractivity contribution is 5.79. The molecule has 2 atom stereocenters. The highest BCUT2D eigenvalue weighted by atomic mass is 16.5. The second-order valence-electron chi connectivity index (χ2n) is 8.67. The maximum Gasteiger partial charge on any atom is 0.225 e. The molecule has 3 fully saturated rings. The Hall–Kier alpha value is -1.63. The van der Waals surface area contributed by atoms with Crippen LogP contribution < -0.4 is 4.74 Å². The van der Waals surface area contributed by atoms with Gasteiger partial charge in [-0.3, -0.25) is 9.69 Å². The van der Waals surface area contributed by atoms with E-state index in [1.807, 2.05) is 23.1 Å². The fraction of sp³-hybridized carbons (Fsp3) is 0.682. The van der Waals surface area contributed by atoms with E-state index in [-0.39, 0.29) is 18.4 Å². The first-order valence-corrected chi connectivity index (χ1v) is 10.6. The summed E-state index contributed by atoms with van der Waals surface area (Å²) in [6.45, 7) is 4.17. The molecular formula is C22H32N2O4. The molecule has 0 aromatic heterocycles. The third-order valence-electron chi connectivity index (χ3n) is 6.79. The Morgan fingerprint density at radius 3 is 2.79 bits per heavy atom. The normalized spacial score (nSPS) is 28.5. The quantitative estimate of drug-likeness (QED) is 0.775. The van der Waals surface area contributed by atoms with E-state index in [1.165, 1.54) is 12.0 Å². The van der Waals surface area contributed by atoms with Gasteiger partial charge in [-0.15, -0.1) is 0 Å². The molecule has 2 aliphatic heterocycles. The molecule has 4 rings (SSSR count). The van der Waals surface area contributed by atoms with Crippen molar-refractivity contribution in [3.8, 4) is 5.75 Å². The van der Waals surface area contributed by atoms with E-state index in [0.29, 0.717) is 32.0 Å². The molecular weight excluding hydrogens is 356 g/mol. The second kappa shape index (κ2) is 8.39. The number of nitrogens with zero attached hydrogens (tertiary/aromatic N) is 2. The number of likely N-dealkylation sites (tertiary alicyclic amines) is 2.